The molecule has 0 spiro atoms. The summed E-state index contributed by atoms with van der Waals surface area (Å²) in [5, 5.41) is 0. The highest BCUT2D eigenvalue weighted by atomic mass is 16.5. The van der Waals surface area contributed by atoms with E-state index in [0.717, 1.165) is 17.7 Å². The Bertz CT molecular complexity index is 692. The first-order valence-corrected chi connectivity index (χ1v) is 7.69. The summed E-state index contributed by atoms with van der Waals surface area (Å²) in [4.78, 5) is 14.9. The number of carbonyl (C=O) groups excluding carboxylic acids is 1. The molecule has 1 atom stereocenters. The standard InChI is InChI=1S/C19H21NO3/c1-19(14-7-5-4-6-8-14)9-10-20(18(19)21)15-11-16(22-2)13-17(12-15)23-3/h4-8,11-13H,9-10H2,1-3H3/t19-/m0/s1. The number of ether oxygens (including phenoxy) is 2. The SMILES string of the molecule is COc1cc(OC)cc(N2CC[C@@](C)(c3ccccc3)C2=O)c1. The lowest BCUT2D eigenvalue weighted by Gasteiger charge is -2.24. The molecule has 120 valence electrons. The summed E-state index contributed by atoms with van der Waals surface area (Å²) in [5.41, 5.74) is 1.38. The topological polar surface area (TPSA) is 38.8 Å². The summed E-state index contributed by atoms with van der Waals surface area (Å²) < 4.78 is 10.6. The molecule has 0 unspecified atom stereocenters. The molecule has 4 nitrogen and oxygen atoms in total. The molecule has 3 rings (SSSR count). The zero-order chi connectivity index (χ0) is 16.4. The maximum Gasteiger partial charge on any atom is 0.237 e. The van der Waals surface area contributed by atoms with E-state index in [1.165, 1.54) is 0 Å². The van der Waals surface area contributed by atoms with Gasteiger partial charge in [0.2, 0.25) is 5.91 Å². The van der Waals surface area contributed by atoms with Gasteiger partial charge in [0.25, 0.3) is 0 Å². The third-order valence-electron chi connectivity index (χ3n) is 4.61. The van der Waals surface area contributed by atoms with Crippen molar-refractivity contribution in [3.05, 3.63) is 54.1 Å². The first-order chi connectivity index (χ1) is 11.1. The predicted molar refractivity (Wildman–Crippen MR) is 90.3 cm³/mol. The second-order valence-corrected chi connectivity index (χ2v) is 5.98. The highest BCUT2D eigenvalue weighted by molar-refractivity contribution is 6.03. The van der Waals surface area contributed by atoms with E-state index in [1.807, 2.05) is 54.3 Å². The lowest BCUT2D eigenvalue weighted by atomic mass is 9.81. The van der Waals surface area contributed by atoms with E-state index in [9.17, 15) is 4.79 Å². The molecule has 2 aromatic carbocycles. The van der Waals surface area contributed by atoms with Gasteiger partial charge in [0.05, 0.1) is 25.3 Å². The van der Waals surface area contributed by atoms with Crippen molar-refractivity contribution in [2.45, 2.75) is 18.8 Å². The third-order valence-corrected chi connectivity index (χ3v) is 4.61. The Kier molecular flexibility index (Phi) is 3.99. The van der Waals surface area contributed by atoms with Crippen molar-refractivity contribution in [3.63, 3.8) is 0 Å². The van der Waals surface area contributed by atoms with Crippen LogP contribution < -0.4 is 14.4 Å². The van der Waals surface area contributed by atoms with Crippen molar-refractivity contribution in [2.75, 3.05) is 25.7 Å². The molecular formula is C19H21NO3. The molecule has 1 aliphatic rings. The summed E-state index contributed by atoms with van der Waals surface area (Å²) in [6, 6.07) is 15.5. The van der Waals surface area contributed by atoms with Crippen LogP contribution in [0.3, 0.4) is 0 Å². The number of hydrogen-bond donors (Lipinski definition) is 0. The second kappa shape index (κ2) is 5.95. The first-order valence-electron chi connectivity index (χ1n) is 7.69. The lowest BCUT2D eigenvalue weighted by molar-refractivity contribution is -0.121. The van der Waals surface area contributed by atoms with Crippen molar-refractivity contribution < 1.29 is 14.3 Å². The number of rotatable bonds is 4. The number of benzene rings is 2. The van der Waals surface area contributed by atoms with E-state index in [1.54, 1.807) is 20.3 Å². The largest absolute Gasteiger partial charge is 0.497 e. The molecule has 0 aliphatic carbocycles. The minimum Gasteiger partial charge on any atom is -0.497 e. The van der Waals surface area contributed by atoms with Crippen LogP contribution in [0, 0.1) is 0 Å². The Balaban J connectivity index is 1.96. The molecule has 4 heteroatoms. The fourth-order valence-corrected chi connectivity index (χ4v) is 3.11. The maximum atomic E-state index is 13.1. The Labute approximate surface area is 136 Å². The van der Waals surface area contributed by atoms with Gasteiger partial charge in [-0.1, -0.05) is 30.3 Å². The zero-order valence-electron chi connectivity index (χ0n) is 13.7. The normalized spacial score (nSPS) is 20.7. The molecule has 1 aliphatic heterocycles. The van der Waals surface area contributed by atoms with Crippen LogP contribution in [0.1, 0.15) is 18.9 Å². The molecule has 1 amide bonds. The van der Waals surface area contributed by atoms with E-state index in [4.69, 9.17) is 9.47 Å². The summed E-state index contributed by atoms with van der Waals surface area (Å²) >= 11 is 0. The van der Waals surface area contributed by atoms with Crippen LogP contribution in [0.25, 0.3) is 0 Å². The highest BCUT2D eigenvalue weighted by Crippen LogP contribution is 2.39. The van der Waals surface area contributed by atoms with Crippen molar-refractivity contribution in [1.82, 2.24) is 0 Å². The van der Waals surface area contributed by atoms with Crippen molar-refractivity contribution in [1.29, 1.82) is 0 Å². The fraction of sp³-hybridized carbons (Fsp3) is 0.316. The third kappa shape index (κ3) is 2.65. The van der Waals surface area contributed by atoms with Gasteiger partial charge in [0.1, 0.15) is 11.5 Å². The summed E-state index contributed by atoms with van der Waals surface area (Å²) in [7, 11) is 3.22. The molecule has 1 fully saturated rings. The number of hydrogen-bond acceptors (Lipinski definition) is 3. The number of anilines is 1. The molecule has 23 heavy (non-hydrogen) atoms. The summed E-state index contributed by atoms with van der Waals surface area (Å²) in [6.45, 7) is 2.70. The summed E-state index contributed by atoms with van der Waals surface area (Å²) in [5.74, 6) is 1.47. The van der Waals surface area contributed by atoms with Crippen LogP contribution in [0.2, 0.25) is 0 Å². The van der Waals surface area contributed by atoms with Crippen molar-refractivity contribution >= 4 is 11.6 Å². The molecular weight excluding hydrogens is 290 g/mol. The van der Waals surface area contributed by atoms with E-state index < -0.39 is 5.41 Å². The maximum absolute atomic E-state index is 13.1. The molecule has 2 aromatic rings. The zero-order valence-corrected chi connectivity index (χ0v) is 13.7. The van der Waals surface area contributed by atoms with Gasteiger partial charge in [-0.15, -0.1) is 0 Å². The van der Waals surface area contributed by atoms with Gasteiger partial charge >= 0.3 is 0 Å². The molecule has 0 saturated carbocycles. The van der Waals surface area contributed by atoms with Crippen LogP contribution in [-0.4, -0.2) is 26.7 Å². The quantitative estimate of drug-likeness (QED) is 0.868. The smallest absolute Gasteiger partial charge is 0.237 e. The minimum absolute atomic E-state index is 0.110. The van der Waals surface area contributed by atoms with Gasteiger partial charge in [-0.2, -0.15) is 0 Å². The van der Waals surface area contributed by atoms with Crippen LogP contribution in [0.5, 0.6) is 11.5 Å². The number of nitrogens with zero attached hydrogens (tertiary/aromatic N) is 1. The second-order valence-electron chi connectivity index (χ2n) is 5.98. The fourth-order valence-electron chi connectivity index (χ4n) is 3.11. The number of carbonyl (C=O) groups is 1. The summed E-state index contributed by atoms with van der Waals surface area (Å²) in [6.07, 6.45) is 0.787. The van der Waals surface area contributed by atoms with Crippen LogP contribution in [0.4, 0.5) is 5.69 Å². The van der Waals surface area contributed by atoms with E-state index in [2.05, 4.69) is 0 Å². The molecule has 0 aromatic heterocycles. The molecule has 0 bridgehead atoms. The minimum atomic E-state index is -0.489. The molecule has 0 radical (unpaired) electrons. The van der Waals surface area contributed by atoms with Crippen molar-refractivity contribution in [2.24, 2.45) is 0 Å². The van der Waals surface area contributed by atoms with Gasteiger partial charge in [-0.3, -0.25) is 4.79 Å². The average molecular weight is 311 g/mol. The predicted octanol–water partition coefficient (Wildman–Crippen LogP) is 3.40. The van der Waals surface area contributed by atoms with Crippen LogP contribution >= 0.6 is 0 Å². The number of methoxy groups -OCH3 is 2. The van der Waals surface area contributed by atoms with Gasteiger partial charge in [-0.25, -0.2) is 0 Å². The monoisotopic (exact) mass is 311 g/mol. The molecule has 1 saturated heterocycles. The van der Waals surface area contributed by atoms with Gasteiger partial charge < -0.3 is 14.4 Å². The average Bonchev–Trinajstić information content (AvgIpc) is 2.91. The molecule has 0 N–H and O–H groups in total. The van der Waals surface area contributed by atoms with Gasteiger partial charge in [0.15, 0.2) is 0 Å². The van der Waals surface area contributed by atoms with E-state index in [0.29, 0.717) is 18.0 Å². The first kappa shape index (κ1) is 15.4. The highest BCUT2D eigenvalue weighted by Gasteiger charge is 2.44. The van der Waals surface area contributed by atoms with Crippen LogP contribution in [0.15, 0.2) is 48.5 Å². The lowest BCUT2D eigenvalue weighted by Crippen LogP contribution is -2.35. The van der Waals surface area contributed by atoms with E-state index in [-0.39, 0.29) is 5.91 Å². The Hall–Kier alpha value is -2.49. The van der Waals surface area contributed by atoms with Gasteiger partial charge in [-0.05, 0) is 18.9 Å². The Morgan fingerprint density at radius 2 is 1.61 bits per heavy atom. The van der Waals surface area contributed by atoms with Crippen LogP contribution in [-0.2, 0) is 10.2 Å². The molecule has 1 heterocycles. The van der Waals surface area contributed by atoms with Crippen molar-refractivity contribution in [3.8, 4) is 11.5 Å². The van der Waals surface area contributed by atoms with Gasteiger partial charge in [0, 0.05) is 24.7 Å². The Morgan fingerprint density at radius 1 is 1.00 bits per heavy atom. The number of amides is 1. The Morgan fingerprint density at radius 3 is 2.17 bits per heavy atom. The van der Waals surface area contributed by atoms with E-state index >= 15 is 0 Å².